The largest absolute Gasteiger partial charge is 0.461 e. The molecule has 0 aliphatic rings. The zero-order valence-electron chi connectivity index (χ0n) is 32.3. The van der Waals surface area contributed by atoms with Crippen molar-refractivity contribution in [3.8, 4) is 33.9 Å². The minimum absolute atomic E-state index is 0.382. The van der Waals surface area contributed by atoms with E-state index in [1.54, 1.807) is 0 Å². The Morgan fingerprint density at radius 3 is 2.00 bits per heavy atom. The highest BCUT2D eigenvalue weighted by molar-refractivity contribution is 6.17. The Morgan fingerprint density at radius 1 is 0.638 bits per heavy atom. The van der Waals surface area contributed by atoms with Crippen molar-refractivity contribution in [3.63, 3.8) is 0 Å². The fourth-order valence-corrected chi connectivity index (χ4v) is 7.30. The molecule has 0 aliphatic heterocycles. The number of benzene rings is 6. The Hall–Kier alpha value is -7.51. The Bertz CT molecular complexity index is 2970. The minimum atomic E-state index is 0.382. The van der Waals surface area contributed by atoms with Crippen molar-refractivity contribution < 1.29 is 8.83 Å². The number of amidine groups is 2. The lowest BCUT2D eigenvalue weighted by Crippen LogP contribution is -2.05. The molecule has 9 rings (SSSR count). The summed E-state index contributed by atoms with van der Waals surface area (Å²) in [7, 11) is 0. The van der Waals surface area contributed by atoms with Gasteiger partial charge in [-0.1, -0.05) is 128 Å². The summed E-state index contributed by atoms with van der Waals surface area (Å²) >= 11 is 0. The maximum Gasteiger partial charge on any atom is 0.161 e. The van der Waals surface area contributed by atoms with Crippen LogP contribution in [0.4, 0.5) is 0 Å². The molecule has 9 aromatic rings. The molecule has 0 fully saturated rings. The van der Waals surface area contributed by atoms with Crippen molar-refractivity contribution in [2.75, 3.05) is 0 Å². The maximum atomic E-state index is 6.49. The van der Waals surface area contributed by atoms with Gasteiger partial charge in [0, 0.05) is 49.5 Å². The Morgan fingerprint density at radius 2 is 1.31 bits per heavy atom. The SMILES string of the molecule is C=NC(=NC(=NCc1ccc2oc(C)c(/C=C\CC)c2c1)c1ccc2oc3cccc(-c4nc(-c5ccccc5)cc(-c5ccccc5)n4)c3c2c1)c1ccccc1. The van der Waals surface area contributed by atoms with Crippen LogP contribution in [0.25, 0.3) is 72.9 Å². The van der Waals surface area contributed by atoms with E-state index in [1.165, 1.54) is 0 Å². The van der Waals surface area contributed by atoms with Crippen molar-refractivity contribution in [1.29, 1.82) is 0 Å². The molecule has 280 valence electrons. The van der Waals surface area contributed by atoms with Crippen LogP contribution >= 0.6 is 0 Å². The molecule has 3 heterocycles. The molecule has 0 unspecified atom stereocenters. The van der Waals surface area contributed by atoms with E-state index in [0.717, 1.165) is 95.4 Å². The maximum absolute atomic E-state index is 6.49. The van der Waals surface area contributed by atoms with Gasteiger partial charge in [-0.15, -0.1) is 0 Å². The van der Waals surface area contributed by atoms with Gasteiger partial charge in [0.05, 0.1) is 17.9 Å². The minimum Gasteiger partial charge on any atom is -0.461 e. The quantitative estimate of drug-likeness (QED) is 0.108. The zero-order valence-corrected chi connectivity index (χ0v) is 32.3. The third kappa shape index (κ3) is 7.17. The lowest BCUT2D eigenvalue weighted by molar-refractivity contribution is 0.577. The molecule has 0 saturated carbocycles. The normalized spacial score (nSPS) is 12.3. The van der Waals surface area contributed by atoms with Crippen molar-refractivity contribution in [2.24, 2.45) is 15.0 Å². The first-order valence-corrected chi connectivity index (χ1v) is 19.4. The molecule has 0 N–H and O–H groups in total. The summed E-state index contributed by atoms with van der Waals surface area (Å²) in [5.74, 6) is 2.49. The second kappa shape index (κ2) is 15.9. The van der Waals surface area contributed by atoms with Crippen molar-refractivity contribution in [2.45, 2.75) is 26.8 Å². The second-order valence-electron chi connectivity index (χ2n) is 14.0. The Kier molecular flexibility index (Phi) is 9.92. The highest BCUT2D eigenvalue weighted by atomic mass is 16.3. The van der Waals surface area contributed by atoms with Crippen LogP contribution in [0.1, 0.15) is 41.4 Å². The first-order valence-electron chi connectivity index (χ1n) is 19.4. The summed E-state index contributed by atoms with van der Waals surface area (Å²) in [6, 6.07) is 50.6. The van der Waals surface area contributed by atoms with Crippen LogP contribution in [-0.4, -0.2) is 28.4 Å². The van der Waals surface area contributed by atoms with E-state index in [-0.39, 0.29) is 0 Å². The number of rotatable bonds is 9. The van der Waals surface area contributed by atoms with Gasteiger partial charge >= 0.3 is 0 Å². The highest BCUT2D eigenvalue weighted by Crippen LogP contribution is 2.38. The summed E-state index contributed by atoms with van der Waals surface area (Å²) in [6.45, 7) is 8.39. The van der Waals surface area contributed by atoms with Gasteiger partial charge in [0.1, 0.15) is 22.5 Å². The van der Waals surface area contributed by atoms with Gasteiger partial charge in [0.15, 0.2) is 17.5 Å². The van der Waals surface area contributed by atoms with Gasteiger partial charge in [0.2, 0.25) is 0 Å². The number of furan rings is 2. The molecule has 3 aromatic heterocycles. The van der Waals surface area contributed by atoms with Crippen LogP contribution in [0, 0.1) is 6.92 Å². The third-order valence-electron chi connectivity index (χ3n) is 10.2. The lowest BCUT2D eigenvalue weighted by atomic mass is 10.0. The molecular formula is C51H39N5O2. The standard InChI is InChI=1S/C51H39N5O2/c1-4-5-22-39-33(2)57-45-27-25-34(29-41(39)45)32-53-50(56-49(52-3)37-20-13-8-14-21-37)38-26-28-46-42(30-38)48-40(23-15-24-47(48)58-46)51-54-43(35-16-9-6-10-17-35)31-44(55-51)36-18-11-7-12-19-36/h5-31H,3-4,32H2,1-2H3/b22-5-,53-50?,56-49?. The Labute approximate surface area is 336 Å². The predicted octanol–water partition coefficient (Wildman–Crippen LogP) is 12.9. The summed E-state index contributed by atoms with van der Waals surface area (Å²) < 4.78 is 12.6. The summed E-state index contributed by atoms with van der Waals surface area (Å²) in [5.41, 5.74) is 10.6. The number of aryl methyl sites for hydroxylation is 1. The van der Waals surface area contributed by atoms with Crippen molar-refractivity contribution in [1.82, 2.24) is 9.97 Å². The predicted molar refractivity (Wildman–Crippen MR) is 239 cm³/mol. The van der Waals surface area contributed by atoms with E-state index >= 15 is 0 Å². The molecule has 0 bridgehead atoms. The first-order chi connectivity index (χ1) is 28.6. The summed E-state index contributed by atoms with van der Waals surface area (Å²) in [5, 5.41) is 2.87. The van der Waals surface area contributed by atoms with Crippen LogP contribution < -0.4 is 0 Å². The fraction of sp³-hybridized carbons (Fsp3) is 0.0784. The smallest absolute Gasteiger partial charge is 0.161 e. The van der Waals surface area contributed by atoms with E-state index in [4.69, 9.17) is 28.8 Å². The number of aliphatic imine (C=N–C) groups is 3. The zero-order chi connectivity index (χ0) is 39.4. The molecule has 0 spiro atoms. The molecule has 0 amide bonds. The molecule has 0 saturated heterocycles. The molecule has 0 atom stereocenters. The number of hydrogen-bond donors (Lipinski definition) is 0. The average molecular weight is 754 g/mol. The van der Waals surface area contributed by atoms with Crippen LogP contribution in [0.3, 0.4) is 0 Å². The van der Waals surface area contributed by atoms with Crippen LogP contribution in [0.5, 0.6) is 0 Å². The van der Waals surface area contributed by atoms with E-state index in [2.05, 4.69) is 79.3 Å². The number of hydrogen-bond acceptors (Lipinski definition) is 5. The highest BCUT2D eigenvalue weighted by Gasteiger charge is 2.19. The second-order valence-corrected chi connectivity index (χ2v) is 14.0. The van der Waals surface area contributed by atoms with Gasteiger partial charge in [-0.25, -0.2) is 20.0 Å². The van der Waals surface area contributed by atoms with Crippen LogP contribution in [0.2, 0.25) is 0 Å². The van der Waals surface area contributed by atoms with Gasteiger partial charge in [-0.2, -0.15) is 0 Å². The molecule has 7 nitrogen and oxygen atoms in total. The number of fused-ring (bicyclic) bond motifs is 4. The van der Waals surface area contributed by atoms with Crippen LogP contribution in [0.15, 0.2) is 182 Å². The van der Waals surface area contributed by atoms with Crippen molar-refractivity contribution >= 4 is 57.4 Å². The number of allylic oxidation sites excluding steroid dienone is 1. The first kappa shape index (κ1) is 36.1. The van der Waals surface area contributed by atoms with E-state index in [1.807, 2.05) is 110 Å². The van der Waals surface area contributed by atoms with E-state index in [9.17, 15) is 0 Å². The van der Waals surface area contributed by atoms with Gasteiger partial charge in [0.25, 0.3) is 0 Å². The van der Waals surface area contributed by atoms with Gasteiger partial charge in [-0.3, -0.25) is 4.99 Å². The van der Waals surface area contributed by atoms with Gasteiger partial charge < -0.3 is 8.83 Å². The van der Waals surface area contributed by atoms with Crippen molar-refractivity contribution in [3.05, 3.63) is 186 Å². The summed E-state index contributed by atoms with van der Waals surface area (Å²) in [4.78, 5) is 24.9. The van der Waals surface area contributed by atoms with Crippen LogP contribution in [-0.2, 0) is 6.54 Å². The molecular weight excluding hydrogens is 715 g/mol. The molecule has 6 aromatic carbocycles. The average Bonchev–Trinajstić information content (AvgIpc) is 3.82. The number of nitrogens with zero attached hydrogens (tertiary/aromatic N) is 5. The summed E-state index contributed by atoms with van der Waals surface area (Å²) in [6.07, 6.45) is 5.23. The molecule has 7 heteroatoms. The molecule has 0 radical (unpaired) electrons. The lowest BCUT2D eigenvalue weighted by Gasteiger charge is -2.10. The molecule has 58 heavy (non-hydrogen) atoms. The third-order valence-corrected chi connectivity index (χ3v) is 10.2. The van der Waals surface area contributed by atoms with E-state index < -0.39 is 0 Å². The number of aromatic nitrogens is 2. The molecule has 0 aliphatic carbocycles. The fourth-order valence-electron chi connectivity index (χ4n) is 7.30. The topological polar surface area (TPSA) is 89.1 Å². The monoisotopic (exact) mass is 753 g/mol. The van der Waals surface area contributed by atoms with Gasteiger partial charge in [-0.05, 0) is 68.1 Å². The Balaban J connectivity index is 1.20. The van der Waals surface area contributed by atoms with E-state index in [0.29, 0.717) is 24.0 Å².